The largest absolute Gasteiger partial charge is 0.481 e. The van der Waals surface area contributed by atoms with Gasteiger partial charge in [0.15, 0.2) is 5.81 Å². The number of nitrogens with one attached hydrogen (secondary N) is 2. The molecule has 1 aliphatic heterocycles. The normalized spacial score (nSPS) is 33.8. The first-order valence-electron chi connectivity index (χ1n) is 13.8. The fourth-order valence-corrected chi connectivity index (χ4v) is 7.17. The fourth-order valence-electron chi connectivity index (χ4n) is 7.17. The van der Waals surface area contributed by atoms with Gasteiger partial charge in [0.05, 0.1) is 24.2 Å². The zero-order valence-electron chi connectivity index (χ0n) is 22.0. The van der Waals surface area contributed by atoms with Crippen LogP contribution in [0.25, 0.3) is 0 Å². The summed E-state index contributed by atoms with van der Waals surface area (Å²) >= 11 is 0. The Labute approximate surface area is 207 Å². The van der Waals surface area contributed by atoms with Crippen LogP contribution in [0.4, 0.5) is 4.79 Å². The van der Waals surface area contributed by atoms with Crippen LogP contribution in [0, 0.1) is 23.2 Å². The third-order valence-corrected chi connectivity index (χ3v) is 9.33. The van der Waals surface area contributed by atoms with E-state index in [9.17, 15) is 9.59 Å². The molecule has 34 heavy (non-hydrogen) atoms. The summed E-state index contributed by atoms with van der Waals surface area (Å²) in [5.74, 6) is 1.38. The number of hydrogen-bond donors (Lipinski definition) is 2. The Balaban J connectivity index is 1.28. The van der Waals surface area contributed by atoms with Crippen LogP contribution in [0.3, 0.4) is 0 Å². The Morgan fingerprint density at radius 1 is 1.06 bits per heavy atom. The SMILES string of the molecule is CC(C)C[C@H](NC(=O)CNC(=O)[B]C1CCCCCCC1)B1OC2C[C@H]3C[C@H](C3(C)C)[C@@]2(C)O1. The van der Waals surface area contributed by atoms with Crippen LogP contribution in [-0.2, 0) is 14.1 Å². The molecule has 0 aromatic heterocycles. The van der Waals surface area contributed by atoms with Crippen LogP contribution in [0.2, 0.25) is 5.82 Å². The minimum Gasteiger partial charge on any atom is -0.404 e. The molecule has 1 unspecified atom stereocenters. The maximum absolute atomic E-state index is 12.8. The van der Waals surface area contributed by atoms with Gasteiger partial charge in [0.1, 0.15) is 0 Å². The van der Waals surface area contributed by atoms with Gasteiger partial charge < -0.3 is 19.9 Å². The van der Waals surface area contributed by atoms with Crippen molar-refractivity contribution in [1.82, 2.24) is 10.6 Å². The van der Waals surface area contributed by atoms with Gasteiger partial charge >= 0.3 is 7.12 Å². The Morgan fingerprint density at radius 2 is 1.74 bits per heavy atom. The standard InChI is InChI=1S/C26H45B2N2O4/c1-17(2)13-22(28-33-21-15-18-14-20(25(18,3)4)26(21,5)34-28)30-23(31)16-29-24(32)27-19-11-9-7-6-8-10-12-19/h17-22H,6-16H2,1-5H3,(H,29,32)(H,30,31)/t18-,20-,21?,22+,26-/m1/s1. The topological polar surface area (TPSA) is 76.7 Å². The molecule has 0 aromatic rings. The molecule has 2 amide bonds. The summed E-state index contributed by atoms with van der Waals surface area (Å²) in [6.45, 7) is 11.2. The average molecular weight is 471 g/mol. The molecule has 2 N–H and O–H groups in total. The molecular weight excluding hydrogens is 426 g/mol. The van der Waals surface area contributed by atoms with Gasteiger partial charge in [-0.3, -0.25) is 9.59 Å². The first kappa shape index (κ1) is 26.1. The second-order valence-electron chi connectivity index (χ2n) is 12.6. The first-order chi connectivity index (χ1) is 16.1. The average Bonchev–Trinajstić information content (AvgIpc) is 3.10. The Hall–Kier alpha value is -1.01. The molecule has 4 aliphatic carbocycles. The predicted molar refractivity (Wildman–Crippen MR) is 137 cm³/mol. The fraction of sp³-hybridized carbons (Fsp3) is 0.923. The van der Waals surface area contributed by atoms with Gasteiger partial charge in [-0.05, 0) is 49.4 Å². The van der Waals surface area contributed by atoms with Gasteiger partial charge in [-0.25, -0.2) is 0 Å². The van der Waals surface area contributed by atoms with Crippen LogP contribution in [0.5, 0.6) is 0 Å². The van der Waals surface area contributed by atoms with E-state index in [1.807, 2.05) is 0 Å². The maximum atomic E-state index is 12.8. The molecule has 1 heterocycles. The molecule has 6 nitrogen and oxygen atoms in total. The Bertz CT molecular complexity index is 740. The quantitative estimate of drug-likeness (QED) is 0.502. The zero-order valence-corrected chi connectivity index (χ0v) is 22.0. The van der Waals surface area contributed by atoms with Gasteiger partial charge in [0.2, 0.25) is 13.2 Å². The molecule has 189 valence electrons. The highest BCUT2D eigenvalue weighted by Crippen LogP contribution is 2.65. The number of rotatable bonds is 8. The summed E-state index contributed by atoms with van der Waals surface area (Å²) < 4.78 is 13.1. The van der Waals surface area contributed by atoms with E-state index in [1.54, 1.807) is 7.28 Å². The van der Waals surface area contributed by atoms with Crippen molar-refractivity contribution in [3.63, 3.8) is 0 Å². The van der Waals surface area contributed by atoms with Crippen molar-refractivity contribution in [1.29, 1.82) is 0 Å². The van der Waals surface area contributed by atoms with E-state index in [0.717, 1.165) is 25.7 Å². The van der Waals surface area contributed by atoms with E-state index in [0.29, 0.717) is 23.6 Å². The molecule has 5 aliphatic rings. The number of carbonyl (C=O) groups is 2. The van der Waals surface area contributed by atoms with Crippen molar-refractivity contribution in [3.8, 4) is 0 Å². The summed E-state index contributed by atoms with van der Waals surface area (Å²) in [6, 6.07) is 0. The van der Waals surface area contributed by atoms with Crippen molar-refractivity contribution in [2.45, 2.75) is 122 Å². The van der Waals surface area contributed by atoms with Gasteiger partial charge in [-0.2, -0.15) is 0 Å². The van der Waals surface area contributed by atoms with E-state index < -0.39 is 7.12 Å². The maximum Gasteiger partial charge on any atom is 0.481 e. The summed E-state index contributed by atoms with van der Waals surface area (Å²) in [5, 5.41) is 5.93. The molecule has 5 atom stereocenters. The molecule has 1 radical (unpaired) electrons. The van der Waals surface area contributed by atoms with Gasteiger partial charge in [-0.15, -0.1) is 0 Å². The van der Waals surface area contributed by atoms with Crippen LogP contribution in [0.15, 0.2) is 0 Å². The van der Waals surface area contributed by atoms with Crippen molar-refractivity contribution < 1.29 is 18.9 Å². The lowest BCUT2D eigenvalue weighted by molar-refractivity contribution is -0.199. The monoisotopic (exact) mass is 471 g/mol. The summed E-state index contributed by atoms with van der Waals surface area (Å²) in [6.07, 6.45) is 11.5. The molecule has 0 aromatic carbocycles. The van der Waals surface area contributed by atoms with E-state index in [4.69, 9.17) is 9.31 Å². The van der Waals surface area contributed by atoms with Crippen LogP contribution >= 0.6 is 0 Å². The van der Waals surface area contributed by atoms with E-state index in [1.165, 1.54) is 38.5 Å². The summed E-state index contributed by atoms with van der Waals surface area (Å²) in [4.78, 5) is 25.3. The molecule has 8 heteroatoms. The van der Waals surface area contributed by atoms with Crippen molar-refractivity contribution >= 4 is 26.1 Å². The highest BCUT2D eigenvalue weighted by Gasteiger charge is 2.68. The van der Waals surface area contributed by atoms with E-state index in [-0.39, 0.29) is 41.3 Å². The first-order valence-corrected chi connectivity index (χ1v) is 13.8. The second-order valence-corrected chi connectivity index (χ2v) is 12.6. The molecule has 1 saturated heterocycles. The highest BCUT2D eigenvalue weighted by molar-refractivity contribution is 6.74. The Morgan fingerprint density at radius 3 is 2.38 bits per heavy atom. The molecular formula is C26H45B2N2O4. The van der Waals surface area contributed by atoms with Gasteiger partial charge in [0.25, 0.3) is 0 Å². The molecule has 4 saturated carbocycles. The second kappa shape index (κ2) is 10.5. The number of amides is 2. The minimum atomic E-state index is -0.436. The summed E-state index contributed by atoms with van der Waals surface area (Å²) in [7, 11) is 1.36. The zero-order chi connectivity index (χ0) is 24.5. The summed E-state index contributed by atoms with van der Waals surface area (Å²) in [5.41, 5.74) is 0.00118. The molecule has 5 fully saturated rings. The Kier molecular flexibility index (Phi) is 8.08. The molecule has 2 bridgehead atoms. The number of hydrogen-bond acceptors (Lipinski definition) is 4. The van der Waals surface area contributed by atoms with E-state index >= 15 is 0 Å². The third kappa shape index (κ3) is 5.53. The van der Waals surface area contributed by atoms with Gasteiger partial charge in [0, 0.05) is 0 Å². The molecule has 0 spiro atoms. The van der Waals surface area contributed by atoms with Gasteiger partial charge in [-0.1, -0.05) is 78.5 Å². The van der Waals surface area contributed by atoms with E-state index in [2.05, 4.69) is 45.3 Å². The lowest BCUT2D eigenvalue weighted by Crippen LogP contribution is -2.65. The smallest absolute Gasteiger partial charge is 0.404 e. The lowest BCUT2D eigenvalue weighted by atomic mass is 9.43. The van der Waals surface area contributed by atoms with Crippen LogP contribution < -0.4 is 10.6 Å². The van der Waals surface area contributed by atoms with Crippen molar-refractivity contribution in [2.24, 2.45) is 23.2 Å². The lowest BCUT2D eigenvalue weighted by Gasteiger charge is -2.64. The van der Waals surface area contributed by atoms with Crippen LogP contribution in [0.1, 0.15) is 98.8 Å². The predicted octanol–water partition coefficient (Wildman–Crippen LogP) is 4.73. The molecule has 5 rings (SSSR count). The van der Waals surface area contributed by atoms with Crippen LogP contribution in [-0.4, -0.2) is 50.3 Å². The highest BCUT2D eigenvalue weighted by atomic mass is 16.7. The number of carbonyl (C=O) groups excluding carboxylic acids is 2. The minimum absolute atomic E-state index is 0.0121. The third-order valence-electron chi connectivity index (χ3n) is 9.33. The van der Waals surface area contributed by atoms with Crippen molar-refractivity contribution in [3.05, 3.63) is 0 Å². The van der Waals surface area contributed by atoms with Crippen molar-refractivity contribution in [2.75, 3.05) is 6.54 Å².